The van der Waals surface area contributed by atoms with Crippen molar-refractivity contribution in [1.29, 1.82) is 0 Å². The zero-order chi connectivity index (χ0) is 13.8. The fourth-order valence-electron chi connectivity index (χ4n) is 1.60. The van der Waals surface area contributed by atoms with E-state index in [-0.39, 0.29) is 4.90 Å². The zero-order valence-electron chi connectivity index (χ0n) is 10.8. The zero-order valence-corrected chi connectivity index (χ0v) is 11.6. The Kier molecular flexibility index (Phi) is 4.98. The molecule has 0 radical (unpaired) electrons. The average molecular weight is 271 g/mol. The highest BCUT2D eigenvalue weighted by Gasteiger charge is 2.10. The van der Waals surface area contributed by atoms with Crippen molar-refractivity contribution in [3.8, 4) is 0 Å². The summed E-state index contributed by atoms with van der Waals surface area (Å²) in [4.78, 5) is 0.0723. The fraction of sp³-hybridized carbons (Fsp3) is 0.500. The lowest BCUT2D eigenvalue weighted by molar-refractivity contribution is 0.567. The van der Waals surface area contributed by atoms with Crippen molar-refractivity contribution in [3.63, 3.8) is 0 Å². The Hall–Kier alpha value is -1.27. The summed E-state index contributed by atoms with van der Waals surface area (Å²) in [5.41, 5.74) is 6.91. The second-order valence-corrected chi connectivity index (χ2v) is 6.32. The van der Waals surface area contributed by atoms with Crippen LogP contribution in [0.4, 0.5) is 11.4 Å². The molecule has 6 heteroatoms. The number of primary sulfonamides is 1. The maximum absolute atomic E-state index is 11.2. The van der Waals surface area contributed by atoms with Gasteiger partial charge in [-0.2, -0.15) is 0 Å². The SMILES string of the molecule is CC(C)CCCNc1cc(S(N)(=O)=O)ccc1N. The molecule has 1 aromatic carbocycles. The van der Waals surface area contributed by atoms with Gasteiger partial charge >= 0.3 is 0 Å². The Balaban J connectivity index is 2.70. The largest absolute Gasteiger partial charge is 0.397 e. The molecule has 0 aliphatic heterocycles. The summed E-state index contributed by atoms with van der Waals surface area (Å²) in [7, 11) is -3.68. The molecule has 0 aliphatic carbocycles. The first-order valence-electron chi connectivity index (χ1n) is 5.97. The normalized spacial score (nSPS) is 11.8. The third-order valence-corrected chi connectivity index (χ3v) is 3.54. The molecule has 102 valence electrons. The van der Waals surface area contributed by atoms with Gasteiger partial charge in [0.2, 0.25) is 10.0 Å². The van der Waals surface area contributed by atoms with Crippen molar-refractivity contribution in [2.45, 2.75) is 31.6 Å². The van der Waals surface area contributed by atoms with Gasteiger partial charge in [0.05, 0.1) is 16.3 Å². The number of hydrogen-bond acceptors (Lipinski definition) is 4. The maximum atomic E-state index is 11.2. The smallest absolute Gasteiger partial charge is 0.238 e. The van der Waals surface area contributed by atoms with Crippen LogP contribution in [-0.2, 0) is 10.0 Å². The molecule has 5 nitrogen and oxygen atoms in total. The second kappa shape index (κ2) is 6.06. The van der Waals surface area contributed by atoms with Gasteiger partial charge in [0.1, 0.15) is 0 Å². The summed E-state index contributed by atoms with van der Waals surface area (Å²) < 4.78 is 22.4. The molecular formula is C12H21N3O2S. The molecule has 0 saturated carbocycles. The Morgan fingerprint density at radius 3 is 2.56 bits per heavy atom. The second-order valence-electron chi connectivity index (χ2n) is 4.76. The molecule has 0 atom stereocenters. The van der Waals surface area contributed by atoms with Crippen molar-refractivity contribution in [3.05, 3.63) is 18.2 Å². The maximum Gasteiger partial charge on any atom is 0.238 e. The highest BCUT2D eigenvalue weighted by Crippen LogP contribution is 2.22. The van der Waals surface area contributed by atoms with Crippen molar-refractivity contribution < 1.29 is 8.42 Å². The summed E-state index contributed by atoms with van der Waals surface area (Å²) in [5.74, 6) is 0.653. The lowest BCUT2D eigenvalue weighted by atomic mass is 10.1. The van der Waals surface area contributed by atoms with Gasteiger partial charge in [-0.05, 0) is 37.0 Å². The van der Waals surface area contributed by atoms with E-state index in [1.54, 1.807) is 6.07 Å². The van der Waals surface area contributed by atoms with E-state index >= 15 is 0 Å². The van der Waals surface area contributed by atoms with E-state index in [0.717, 1.165) is 19.4 Å². The predicted octanol–water partition coefficient (Wildman–Crippen LogP) is 1.76. The molecule has 0 saturated heterocycles. The van der Waals surface area contributed by atoms with Gasteiger partial charge in [-0.3, -0.25) is 0 Å². The predicted molar refractivity (Wildman–Crippen MR) is 74.8 cm³/mol. The van der Waals surface area contributed by atoms with Crippen LogP contribution in [0.2, 0.25) is 0 Å². The van der Waals surface area contributed by atoms with Crippen LogP contribution >= 0.6 is 0 Å². The fourth-order valence-corrected chi connectivity index (χ4v) is 2.14. The first-order valence-corrected chi connectivity index (χ1v) is 7.51. The van der Waals surface area contributed by atoms with Crippen LogP contribution in [0.5, 0.6) is 0 Å². The minimum absolute atomic E-state index is 0.0723. The van der Waals surface area contributed by atoms with Crippen LogP contribution in [0.1, 0.15) is 26.7 Å². The van der Waals surface area contributed by atoms with Gasteiger partial charge in [-0.25, -0.2) is 13.6 Å². The van der Waals surface area contributed by atoms with Crippen LogP contribution in [-0.4, -0.2) is 15.0 Å². The van der Waals surface area contributed by atoms with E-state index in [4.69, 9.17) is 10.9 Å². The molecule has 0 aromatic heterocycles. The van der Waals surface area contributed by atoms with Gasteiger partial charge in [0.25, 0.3) is 0 Å². The van der Waals surface area contributed by atoms with Gasteiger partial charge in [-0.1, -0.05) is 13.8 Å². The first kappa shape index (κ1) is 14.8. The van der Waals surface area contributed by atoms with Crippen molar-refractivity contribution in [2.75, 3.05) is 17.6 Å². The van der Waals surface area contributed by atoms with Crippen molar-refractivity contribution >= 4 is 21.4 Å². The number of rotatable bonds is 6. The Bertz CT molecular complexity index is 498. The van der Waals surface area contributed by atoms with Crippen molar-refractivity contribution in [2.24, 2.45) is 11.1 Å². The molecule has 0 heterocycles. The number of benzene rings is 1. The lowest BCUT2D eigenvalue weighted by Crippen LogP contribution is -2.13. The Morgan fingerprint density at radius 2 is 2.00 bits per heavy atom. The molecule has 5 N–H and O–H groups in total. The van der Waals surface area contributed by atoms with Crippen molar-refractivity contribution in [1.82, 2.24) is 0 Å². The molecule has 0 amide bonds. The summed E-state index contributed by atoms with van der Waals surface area (Å²) in [6.45, 7) is 5.09. The molecule has 1 aromatic rings. The topological polar surface area (TPSA) is 98.2 Å². The Morgan fingerprint density at radius 1 is 1.33 bits per heavy atom. The van der Waals surface area contributed by atoms with Crippen LogP contribution < -0.4 is 16.2 Å². The minimum atomic E-state index is -3.68. The summed E-state index contributed by atoms with van der Waals surface area (Å²) in [6, 6.07) is 4.43. The third-order valence-electron chi connectivity index (χ3n) is 2.63. The number of nitrogens with one attached hydrogen (secondary N) is 1. The quantitative estimate of drug-likeness (QED) is 0.542. The van der Waals surface area contributed by atoms with E-state index in [1.165, 1.54) is 12.1 Å². The van der Waals surface area contributed by atoms with E-state index in [0.29, 0.717) is 17.3 Å². The van der Waals surface area contributed by atoms with Gasteiger partial charge in [-0.15, -0.1) is 0 Å². The summed E-state index contributed by atoms with van der Waals surface area (Å²) in [5, 5.41) is 8.21. The molecule has 0 aliphatic rings. The Labute approximate surface area is 109 Å². The first-order chi connectivity index (χ1) is 8.30. The molecule has 0 fully saturated rings. The monoisotopic (exact) mass is 271 g/mol. The number of nitrogens with two attached hydrogens (primary N) is 2. The number of sulfonamides is 1. The molecule has 18 heavy (non-hydrogen) atoms. The van der Waals surface area contributed by atoms with Crippen LogP contribution in [0.3, 0.4) is 0 Å². The number of nitrogen functional groups attached to an aromatic ring is 1. The minimum Gasteiger partial charge on any atom is -0.397 e. The lowest BCUT2D eigenvalue weighted by Gasteiger charge is -2.11. The van der Waals surface area contributed by atoms with E-state index in [9.17, 15) is 8.42 Å². The standard InChI is InChI=1S/C12H21N3O2S/c1-9(2)4-3-7-15-12-8-10(18(14,16)17)5-6-11(12)13/h5-6,8-9,15H,3-4,7,13H2,1-2H3,(H2,14,16,17). The third kappa shape index (κ3) is 4.54. The molecule has 0 bridgehead atoms. The highest BCUT2D eigenvalue weighted by molar-refractivity contribution is 7.89. The summed E-state index contributed by atoms with van der Waals surface area (Å²) in [6.07, 6.45) is 2.12. The van der Waals surface area contributed by atoms with Crippen LogP contribution in [0.25, 0.3) is 0 Å². The van der Waals surface area contributed by atoms with E-state index in [2.05, 4.69) is 19.2 Å². The molecule has 0 spiro atoms. The number of hydrogen-bond donors (Lipinski definition) is 3. The summed E-state index contributed by atoms with van der Waals surface area (Å²) >= 11 is 0. The average Bonchev–Trinajstić information content (AvgIpc) is 2.24. The van der Waals surface area contributed by atoms with Gasteiger partial charge in [0, 0.05) is 6.54 Å². The molecule has 1 rings (SSSR count). The van der Waals surface area contributed by atoms with Crippen LogP contribution in [0, 0.1) is 5.92 Å². The molecule has 0 unspecified atom stereocenters. The van der Waals surface area contributed by atoms with Gasteiger partial charge < -0.3 is 11.1 Å². The van der Waals surface area contributed by atoms with E-state index in [1.807, 2.05) is 0 Å². The number of anilines is 2. The highest BCUT2D eigenvalue weighted by atomic mass is 32.2. The van der Waals surface area contributed by atoms with E-state index < -0.39 is 10.0 Å². The molecular weight excluding hydrogens is 250 g/mol. The van der Waals surface area contributed by atoms with Gasteiger partial charge in [0.15, 0.2) is 0 Å². The van der Waals surface area contributed by atoms with Crippen LogP contribution in [0.15, 0.2) is 23.1 Å².